The molecule has 34 heavy (non-hydrogen) atoms. The van der Waals surface area contributed by atoms with Crippen molar-refractivity contribution in [3.63, 3.8) is 0 Å². The zero-order valence-corrected chi connectivity index (χ0v) is 18.8. The van der Waals surface area contributed by atoms with E-state index in [1.165, 1.54) is 23.1 Å². The number of benzene rings is 2. The van der Waals surface area contributed by atoms with Gasteiger partial charge in [-0.1, -0.05) is 0 Å². The Hall–Kier alpha value is -3.40. The van der Waals surface area contributed by atoms with Gasteiger partial charge in [-0.25, -0.2) is 18.2 Å². The Morgan fingerprint density at radius 2 is 1.79 bits per heavy atom. The van der Waals surface area contributed by atoms with Gasteiger partial charge >= 0.3 is 0 Å². The van der Waals surface area contributed by atoms with Crippen LogP contribution in [-0.4, -0.2) is 40.8 Å². The van der Waals surface area contributed by atoms with Crippen LogP contribution in [-0.2, 0) is 16.2 Å². The maximum atomic E-state index is 14.1. The number of carbonyl (C=O) groups is 1. The molecule has 1 fully saturated rings. The molecule has 7 nitrogen and oxygen atoms in total. The minimum Gasteiger partial charge on any atom is -0.490 e. The highest BCUT2D eigenvalue weighted by molar-refractivity contribution is 5.79. The van der Waals surface area contributed by atoms with Crippen LogP contribution in [0.3, 0.4) is 0 Å². The number of nitrogens with zero attached hydrogens (tertiary/aromatic N) is 3. The summed E-state index contributed by atoms with van der Waals surface area (Å²) < 4.78 is 48.9. The number of aromatic nitrogens is 2. The summed E-state index contributed by atoms with van der Waals surface area (Å²) in [6.07, 6.45) is 3.75. The third-order valence-electron chi connectivity index (χ3n) is 6.17. The second kappa shape index (κ2) is 9.84. The van der Waals surface area contributed by atoms with Crippen molar-refractivity contribution in [1.29, 1.82) is 0 Å². The topological polar surface area (TPSA) is 73.7 Å². The summed E-state index contributed by atoms with van der Waals surface area (Å²) in [5, 5.41) is 1.46. The summed E-state index contributed by atoms with van der Waals surface area (Å²) in [6, 6.07) is 6.06. The molecule has 1 aromatic heterocycles. The van der Waals surface area contributed by atoms with Gasteiger partial charge in [-0.2, -0.15) is 4.98 Å². The summed E-state index contributed by atoms with van der Waals surface area (Å²) in [5.41, 5.74) is -0.431. The van der Waals surface area contributed by atoms with E-state index in [-0.39, 0.29) is 35.4 Å². The van der Waals surface area contributed by atoms with Crippen LogP contribution in [0.5, 0.6) is 5.75 Å². The van der Waals surface area contributed by atoms with Gasteiger partial charge in [0.15, 0.2) is 0 Å². The first kappa shape index (κ1) is 23.7. The van der Waals surface area contributed by atoms with Crippen molar-refractivity contribution in [3.8, 4) is 5.75 Å². The van der Waals surface area contributed by atoms with E-state index >= 15 is 0 Å². The summed E-state index contributed by atoms with van der Waals surface area (Å²) >= 11 is 0. The average molecular weight is 475 g/mol. The predicted octanol–water partition coefficient (Wildman–Crippen LogP) is 3.82. The Balaban J connectivity index is 1.51. The number of rotatable bonds is 6. The largest absolute Gasteiger partial charge is 0.490 e. The minimum absolute atomic E-state index is 0.0627. The molecule has 10 heteroatoms. The monoisotopic (exact) mass is 475 g/mol. The molecule has 180 valence electrons. The van der Waals surface area contributed by atoms with Crippen LogP contribution in [0.1, 0.15) is 31.2 Å². The standard InChI is InChI=1S/C24H24F3N3O4/c1-29(33-2)24(32)14-3-5-16(6-4-14)34-17-7-8-22-18(11-17)23(31)28-13-30(22)12-19-20(26)9-15(25)10-21(19)27/h7-11,13-14,16H,3-6,12H2,1-2H3/t14-,16-. The Morgan fingerprint density at radius 1 is 1.12 bits per heavy atom. The Kier molecular flexibility index (Phi) is 6.87. The molecule has 3 aromatic rings. The molecular weight excluding hydrogens is 451 g/mol. The van der Waals surface area contributed by atoms with Gasteiger partial charge in [0.25, 0.3) is 5.56 Å². The number of fused-ring (bicyclic) bond motifs is 1. The number of ether oxygens (including phenoxy) is 1. The molecule has 0 radical (unpaired) electrons. The second-order valence-electron chi connectivity index (χ2n) is 8.31. The van der Waals surface area contributed by atoms with Crippen molar-refractivity contribution in [2.45, 2.75) is 38.3 Å². The van der Waals surface area contributed by atoms with E-state index in [4.69, 9.17) is 9.57 Å². The van der Waals surface area contributed by atoms with Crippen molar-refractivity contribution in [1.82, 2.24) is 14.6 Å². The number of hydrogen-bond donors (Lipinski definition) is 0. The summed E-state index contributed by atoms with van der Waals surface area (Å²) in [7, 11) is 3.03. The second-order valence-corrected chi connectivity index (χ2v) is 8.31. The summed E-state index contributed by atoms with van der Waals surface area (Å²) in [4.78, 5) is 33.4. The van der Waals surface area contributed by atoms with E-state index < -0.39 is 23.0 Å². The van der Waals surface area contributed by atoms with E-state index in [0.717, 1.165) is 0 Å². The lowest BCUT2D eigenvalue weighted by atomic mass is 9.86. The van der Waals surface area contributed by atoms with Crippen LogP contribution in [0.25, 0.3) is 10.9 Å². The average Bonchev–Trinajstić information content (AvgIpc) is 2.82. The third kappa shape index (κ3) is 4.91. The van der Waals surface area contributed by atoms with Crippen molar-refractivity contribution < 1.29 is 27.5 Å². The third-order valence-corrected chi connectivity index (χ3v) is 6.17. The number of hydroxylamine groups is 2. The zero-order valence-electron chi connectivity index (χ0n) is 18.8. The molecule has 4 rings (SSSR count). The molecule has 0 bridgehead atoms. The molecule has 1 saturated carbocycles. The van der Waals surface area contributed by atoms with Crippen LogP contribution in [0.15, 0.2) is 41.5 Å². The molecule has 0 spiro atoms. The highest BCUT2D eigenvalue weighted by atomic mass is 19.1. The normalized spacial score (nSPS) is 18.1. The van der Waals surface area contributed by atoms with Gasteiger partial charge < -0.3 is 9.30 Å². The van der Waals surface area contributed by atoms with Crippen molar-refractivity contribution in [2.75, 3.05) is 14.2 Å². The number of amides is 1. The van der Waals surface area contributed by atoms with Gasteiger partial charge in [-0.3, -0.25) is 14.4 Å². The Labute approximate surface area is 193 Å². The predicted molar refractivity (Wildman–Crippen MR) is 118 cm³/mol. The SMILES string of the molecule is CON(C)C(=O)[C@H]1CC[C@H](Oc2ccc3c(c2)c(=O)ncn3Cc2c(F)cc(F)cc2F)CC1. The van der Waals surface area contributed by atoms with Crippen LogP contribution in [0.4, 0.5) is 13.2 Å². The van der Waals surface area contributed by atoms with Crippen molar-refractivity contribution in [3.05, 3.63) is 70.0 Å². The highest BCUT2D eigenvalue weighted by Crippen LogP contribution is 2.30. The maximum absolute atomic E-state index is 14.1. The van der Waals surface area contributed by atoms with E-state index in [2.05, 4.69) is 4.98 Å². The van der Waals surface area contributed by atoms with Crippen LogP contribution < -0.4 is 10.3 Å². The first-order valence-corrected chi connectivity index (χ1v) is 10.9. The van der Waals surface area contributed by atoms with Gasteiger partial charge in [0.2, 0.25) is 5.91 Å². The van der Waals surface area contributed by atoms with E-state index in [0.29, 0.717) is 49.1 Å². The highest BCUT2D eigenvalue weighted by Gasteiger charge is 2.29. The fraction of sp³-hybridized carbons (Fsp3) is 0.375. The number of hydrogen-bond acceptors (Lipinski definition) is 5. The van der Waals surface area contributed by atoms with Gasteiger partial charge in [0, 0.05) is 30.7 Å². The molecule has 0 N–H and O–H groups in total. The molecule has 1 aliphatic carbocycles. The molecule has 0 atom stereocenters. The molecule has 1 aliphatic rings. The van der Waals surface area contributed by atoms with Gasteiger partial charge in [0.1, 0.15) is 23.2 Å². The summed E-state index contributed by atoms with van der Waals surface area (Å²) in [6.45, 7) is -0.268. The lowest BCUT2D eigenvalue weighted by Crippen LogP contribution is -2.36. The van der Waals surface area contributed by atoms with Crippen molar-refractivity contribution >= 4 is 16.8 Å². The molecule has 2 aromatic carbocycles. The van der Waals surface area contributed by atoms with E-state index in [9.17, 15) is 22.8 Å². The summed E-state index contributed by atoms with van der Waals surface area (Å²) in [5.74, 6) is -2.76. The molecule has 1 amide bonds. The lowest BCUT2D eigenvalue weighted by Gasteiger charge is -2.30. The number of halogens is 3. The minimum atomic E-state index is -1.02. The number of carbonyl (C=O) groups excluding carboxylic acids is 1. The first-order chi connectivity index (χ1) is 16.3. The fourth-order valence-corrected chi connectivity index (χ4v) is 4.25. The molecular formula is C24H24F3N3O4. The van der Waals surface area contributed by atoms with Gasteiger partial charge in [-0.05, 0) is 43.9 Å². The smallest absolute Gasteiger partial charge is 0.280 e. The van der Waals surface area contributed by atoms with Crippen molar-refractivity contribution in [2.24, 2.45) is 5.92 Å². The fourth-order valence-electron chi connectivity index (χ4n) is 4.25. The van der Waals surface area contributed by atoms with Crippen LogP contribution in [0, 0.1) is 23.4 Å². The van der Waals surface area contributed by atoms with Crippen LogP contribution >= 0.6 is 0 Å². The van der Waals surface area contributed by atoms with Gasteiger partial charge in [0.05, 0.1) is 37.0 Å². The first-order valence-electron chi connectivity index (χ1n) is 10.9. The molecule has 0 saturated heterocycles. The lowest BCUT2D eigenvalue weighted by molar-refractivity contribution is -0.174. The van der Waals surface area contributed by atoms with Gasteiger partial charge in [-0.15, -0.1) is 0 Å². The molecule has 0 aliphatic heterocycles. The Bertz CT molecular complexity index is 1250. The Morgan fingerprint density at radius 3 is 2.44 bits per heavy atom. The maximum Gasteiger partial charge on any atom is 0.280 e. The molecule has 1 heterocycles. The molecule has 0 unspecified atom stereocenters. The zero-order chi connectivity index (χ0) is 24.4. The van der Waals surface area contributed by atoms with E-state index in [1.54, 1.807) is 25.2 Å². The quantitative estimate of drug-likeness (QED) is 0.507. The van der Waals surface area contributed by atoms with Crippen LogP contribution in [0.2, 0.25) is 0 Å². The van der Waals surface area contributed by atoms with E-state index in [1.807, 2.05) is 0 Å².